The average molecular weight is 395 g/mol. The summed E-state index contributed by atoms with van der Waals surface area (Å²) in [6.07, 6.45) is 6.47. The third kappa shape index (κ3) is 2.31. The van der Waals surface area contributed by atoms with Gasteiger partial charge < -0.3 is 4.98 Å². The topological polar surface area (TPSA) is 28.7 Å². The van der Waals surface area contributed by atoms with Crippen molar-refractivity contribution in [3.63, 3.8) is 0 Å². The van der Waals surface area contributed by atoms with Crippen LogP contribution in [0, 0.1) is 5.82 Å². The molecule has 0 saturated heterocycles. The monoisotopic (exact) mass is 394 g/mol. The van der Waals surface area contributed by atoms with Crippen molar-refractivity contribution in [1.29, 1.82) is 0 Å². The molecule has 5 rings (SSSR count). The minimum Gasteiger partial charge on any atom is -0.361 e. The van der Waals surface area contributed by atoms with Crippen LogP contribution in [0.15, 0.2) is 47.1 Å². The predicted molar refractivity (Wildman–Crippen MR) is 103 cm³/mol. The number of aromatic amines is 1. The number of nitrogens with zero attached hydrogens (tertiary/aromatic N) is 1. The van der Waals surface area contributed by atoms with Gasteiger partial charge in [0.25, 0.3) is 0 Å². The zero-order valence-corrected chi connectivity index (χ0v) is 15.2. The molecule has 0 aliphatic heterocycles. The molecule has 1 aliphatic carbocycles. The molecule has 4 heteroatoms. The lowest BCUT2D eigenvalue weighted by Crippen LogP contribution is -2.08. The van der Waals surface area contributed by atoms with Gasteiger partial charge in [0.1, 0.15) is 5.82 Å². The van der Waals surface area contributed by atoms with Gasteiger partial charge in [-0.1, -0.05) is 0 Å². The summed E-state index contributed by atoms with van der Waals surface area (Å²) < 4.78 is 14.3. The number of benzene rings is 2. The molecule has 0 amide bonds. The highest BCUT2D eigenvalue weighted by atomic mass is 79.9. The van der Waals surface area contributed by atoms with E-state index in [0.29, 0.717) is 0 Å². The van der Waals surface area contributed by atoms with Gasteiger partial charge in [0, 0.05) is 32.5 Å². The average Bonchev–Trinajstić information content (AvgIpc) is 3.10. The first-order valence-electron chi connectivity index (χ1n) is 8.59. The number of hydrogen-bond donors (Lipinski definition) is 1. The summed E-state index contributed by atoms with van der Waals surface area (Å²) in [5.41, 5.74) is 6.85. The molecule has 0 unspecified atom stereocenters. The second-order valence-electron chi connectivity index (χ2n) is 6.65. The zero-order valence-electron chi connectivity index (χ0n) is 13.6. The summed E-state index contributed by atoms with van der Waals surface area (Å²) >= 11 is 3.52. The first kappa shape index (κ1) is 15.1. The van der Waals surface area contributed by atoms with Crippen molar-refractivity contribution >= 4 is 37.7 Å². The molecule has 4 aromatic rings. The van der Waals surface area contributed by atoms with E-state index in [0.717, 1.165) is 39.6 Å². The number of fused-ring (bicyclic) bond motifs is 5. The van der Waals surface area contributed by atoms with E-state index < -0.39 is 0 Å². The third-order valence-corrected chi connectivity index (χ3v) is 5.84. The number of aryl methyl sites for hydroxylation is 1. The lowest BCUT2D eigenvalue weighted by atomic mass is 9.85. The molecule has 2 aromatic heterocycles. The Hall–Kier alpha value is -2.20. The normalized spacial score (nSPS) is 14.2. The summed E-state index contributed by atoms with van der Waals surface area (Å²) in [7, 11) is 0. The zero-order chi connectivity index (χ0) is 17.0. The van der Waals surface area contributed by atoms with Gasteiger partial charge >= 0.3 is 0 Å². The molecule has 1 N–H and O–H groups in total. The van der Waals surface area contributed by atoms with Crippen molar-refractivity contribution in [3.8, 4) is 11.3 Å². The number of halogens is 2. The largest absolute Gasteiger partial charge is 0.361 e. The molecule has 2 heterocycles. The molecule has 0 fully saturated rings. The van der Waals surface area contributed by atoms with E-state index in [1.165, 1.54) is 46.9 Å². The third-order valence-electron chi connectivity index (χ3n) is 5.19. The molecule has 25 heavy (non-hydrogen) atoms. The van der Waals surface area contributed by atoms with Crippen LogP contribution < -0.4 is 0 Å². The highest BCUT2D eigenvalue weighted by Gasteiger charge is 2.22. The highest BCUT2D eigenvalue weighted by molar-refractivity contribution is 9.10. The van der Waals surface area contributed by atoms with Crippen LogP contribution in [0.2, 0.25) is 0 Å². The highest BCUT2D eigenvalue weighted by Crippen LogP contribution is 2.39. The fourth-order valence-electron chi connectivity index (χ4n) is 4.07. The maximum Gasteiger partial charge on any atom is 0.124 e. The molecule has 124 valence electrons. The van der Waals surface area contributed by atoms with E-state index in [1.54, 1.807) is 0 Å². The lowest BCUT2D eigenvalue weighted by Gasteiger charge is -2.22. The van der Waals surface area contributed by atoms with E-state index in [4.69, 9.17) is 4.98 Å². The summed E-state index contributed by atoms with van der Waals surface area (Å²) in [5.74, 6) is -0.237. The molecular formula is C21H16BrFN2. The van der Waals surface area contributed by atoms with Gasteiger partial charge in [-0.15, -0.1) is 0 Å². The summed E-state index contributed by atoms with van der Waals surface area (Å²) in [4.78, 5) is 8.32. The van der Waals surface area contributed by atoms with E-state index in [9.17, 15) is 4.39 Å². The standard InChI is InChI=1S/C21H16BrFN2/c22-17-11-12(23)5-6-15(17)21-14-4-2-1-3-13(14)20-16-9-10-24-18(16)7-8-19(20)25-21/h5-11,24H,1-4H2. The number of aromatic nitrogens is 2. The van der Waals surface area contributed by atoms with Crippen molar-refractivity contribution in [2.75, 3.05) is 0 Å². The Bertz CT molecular complexity index is 1130. The molecule has 0 radical (unpaired) electrons. The molecule has 2 nitrogen and oxygen atoms in total. The van der Waals surface area contributed by atoms with Crippen molar-refractivity contribution in [2.45, 2.75) is 25.7 Å². The van der Waals surface area contributed by atoms with Crippen LogP contribution in [0.3, 0.4) is 0 Å². The molecular weight excluding hydrogens is 379 g/mol. The summed E-state index contributed by atoms with van der Waals surface area (Å²) in [6, 6.07) is 11.2. The second kappa shape index (κ2) is 5.67. The number of hydrogen-bond acceptors (Lipinski definition) is 1. The van der Waals surface area contributed by atoms with E-state index in [1.807, 2.05) is 12.3 Å². The van der Waals surface area contributed by atoms with Gasteiger partial charge in [0.2, 0.25) is 0 Å². The van der Waals surface area contributed by atoms with Gasteiger partial charge in [-0.2, -0.15) is 0 Å². The Morgan fingerprint density at radius 3 is 2.68 bits per heavy atom. The Balaban J connectivity index is 1.90. The van der Waals surface area contributed by atoms with Crippen LogP contribution >= 0.6 is 15.9 Å². The van der Waals surface area contributed by atoms with Crippen LogP contribution in [0.25, 0.3) is 33.1 Å². The summed E-state index contributed by atoms with van der Waals surface area (Å²) in [5, 5.41) is 2.52. The SMILES string of the molecule is Fc1ccc(-c2nc3ccc4[nH]ccc4c3c3c2CCCC3)c(Br)c1. The van der Waals surface area contributed by atoms with Gasteiger partial charge in [-0.05, 0) is 89.1 Å². The number of pyridine rings is 1. The maximum atomic E-state index is 13.5. The number of nitrogens with one attached hydrogen (secondary N) is 1. The van der Waals surface area contributed by atoms with E-state index >= 15 is 0 Å². The van der Waals surface area contributed by atoms with Crippen LogP contribution in [-0.4, -0.2) is 9.97 Å². The minimum atomic E-state index is -0.237. The Labute approximate surface area is 153 Å². The van der Waals surface area contributed by atoms with E-state index in [2.05, 4.69) is 39.1 Å². The van der Waals surface area contributed by atoms with Crippen LogP contribution in [0.5, 0.6) is 0 Å². The predicted octanol–water partition coefficient (Wildman–Crippen LogP) is 6.16. The Morgan fingerprint density at radius 2 is 1.84 bits per heavy atom. The first-order chi connectivity index (χ1) is 12.2. The maximum absolute atomic E-state index is 13.5. The Morgan fingerprint density at radius 1 is 1.00 bits per heavy atom. The molecule has 0 spiro atoms. The van der Waals surface area contributed by atoms with Crippen LogP contribution in [-0.2, 0) is 12.8 Å². The molecule has 1 aliphatic rings. The fourth-order valence-corrected chi connectivity index (χ4v) is 4.61. The second-order valence-corrected chi connectivity index (χ2v) is 7.50. The number of H-pyrrole nitrogens is 1. The van der Waals surface area contributed by atoms with Gasteiger partial charge in [0.15, 0.2) is 0 Å². The van der Waals surface area contributed by atoms with Crippen LogP contribution in [0.4, 0.5) is 4.39 Å². The molecule has 0 atom stereocenters. The minimum absolute atomic E-state index is 0.237. The first-order valence-corrected chi connectivity index (χ1v) is 9.38. The van der Waals surface area contributed by atoms with Gasteiger partial charge in [-0.25, -0.2) is 9.37 Å². The smallest absolute Gasteiger partial charge is 0.124 e. The molecule has 0 saturated carbocycles. The van der Waals surface area contributed by atoms with Gasteiger partial charge in [0.05, 0.1) is 11.2 Å². The summed E-state index contributed by atoms with van der Waals surface area (Å²) in [6.45, 7) is 0. The van der Waals surface area contributed by atoms with Crippen LogP contribution in [0.1, 0.15) is 24.0 Å². The van der Waals surface area contributed by atoms with Crippen molar-refractivity contribution in [2.24, 2.45) is 0 Å². The number of rotatable bonds is 1. The molecule has 2 aromatic carbocycles. The molecule has 0 bridgehead atoms. The van der Waals surface area contributed by atoms with E-state index in [-0.39, 0.29) is 5.82 Å². The van der Waals surface area contributed by atoms with Crippen molar-refractivity contribution < 1.29 is 4.39 Å². The Kier molecular flexibility index (Phi) is 3.42. The lowest BCUT2D eigenvalue weighted by molar-refractivity contribution is 0.627. The fraction of sp³-hybridized carbons (Fsp3) is 0.190. The van der Waals surface area contributed by atoms with Crippen molar-refractivity contribution in [1.82, 2.24) is 9.97 Å². The van der Waals surface area contributed by atoms with Gasteiger partial charge in [-0.3, -0.25) is 0 Å². The quantitative estimate of drug-likeness (QED) is 0.411. The van der Waals surface area contributed by atoms with Crippen molar-refractivity contribution in [3.05, 3.63) is 64.0 Å².